The predicted molar refractivity (Wildman–Crippen MR) is 254 cm³/mol. The molecule has 0 spiro atoms. The van der Waals surface area contributed by atoms with Crippen LogP contribution >= 0.6 is 0 Å². The number of hydrogen-bond acceptors (Lipinski definition) is 10. The maximum Gasteiger partial charge on any atom is 0.412 e. The summed E-state index contributed by atoms with van der Waals surface area (Å²) in [7, 11) is -6.03. The number of carbonyl (C=O) groups excluding carboxylic acids is 4. The van der Waals surface area contributed by atoms with Gasteiger partial charge in [-0.05, 0) is 60.8 Å². The van der Waals surface area contributed by atoms with E-state index in [1.54, 1.807) is 0 Å². The van der Waals surface area contributed by atoms with Gasteiger partial charge in [-0.15, -0.1) is 0 Å². The largest absolute Gasteiger partial charge is 0.493 e. The van der Waals surface area contributed by atoms with E-state index in [1.165, 1.54) is 11.1 Å². The van der Waals surface area contributed by atoms with E-state index in [0.29, 0.717) is 11.8 Å². The molecule has 62 heavy (non-hydrogen) atoms. The molecule has 2 unspecified atom stereocenters. The van der Waals surface area contributed by atoms with Gasteiger partial charge in [-0.2, -0.15) is 0 Å². The molecule has 0 aromatic heterocycles. The monoisotopic (exact) mass is 897 g/mol. The minimum atomic E-state index is -3.14. The highest BCUT2D eigenvalue weighted by atomic mass is 28.4. The SMILES string of the molecule is C=CC(=O)OCCO[Si](OC(=O)C(C)c1ccc(CC(C)C)cc1)(C(C)(C)C)C(C)(C)C.C=CC(=O)OCCO[Si](OC(=O)C(C)c1ccc(CC(C)C)cc1)(C(C)C)C(C)C. The van der Waals surface area contributed by atoms with E-state index in [0.717, 1.165) is 36.1 Å². The lowest BCUT2D eigenvalue weighted by Crippen LogP contribution is -2.59. The van der Waals surface area contributed by atoms with E-state index in [-0.39, 0.29) is 55.4 Å². The normalized spacial score (nSPS) is 13.2. The summed E-state index contributed by atoms with van der Waals surface area (Å²) in [4.78, 5) is 49.0. The Balaban J connectivity index is 0.000000621. The highest BCUT2D eigenvalue weighted by Crippen LogP contribution is 2.52. The van der Waals surface area contributed by atoms with Crippen molar-refractivity contribution in [3.8, 4) is 0 Å². The van der Waals surface area contributed by atoms with Crippen molar-refractivity contribution in [2.45, 2.75) is 157 Å². The third-order valence-electron chi connectivity index (χ3n) is 10.7. The fourth-order valence-corrected chi connectivity index (χ4v) is 15.6. The van der Waals surface area contributed by atoms with Gasteiger partial charge in [0.1, 0.15) is 13.2 Å². The van der Waals surface area contributed by atoms with E-state index < -0.39 is 45.1 Å². The molecule has 0 fully saturated rings. The fourth-order valence-electron chi connectivity index (χ4n) is 7.52. The van der Waals surface area contributed by atoms with Crippen LogP contribution in [0.5, 0.6) is 0 Å². The van der Waals surface area contributed by atoms with Crippen LogP contribution in [0.25, 0.3) is 0 Å². The molecular formula is C50H80O10Si2. The Bertz CT molecular complexity index is 1700. The number of carbonyl (C=O) groups is 4. The molecule has 0 saturated carbocycles. The minimum Gasteiger partial charge on any atom is -0.493 e. The van der Waals surface area contributed by atoms with Gasteiger partial charge in [0.2, 0.25) is 0 Å². The second-order valence-corrected chi connectivity index (χ2v) is 28.5. The predicted octanol–water partition coefficient (Wildman–Crippen LogP) is 11.9. The Labute approximate surface area is 377 Å². The number of rotatable bonds is 22. The van der Waals surface area contributed by atoms with Crippen LogP contribution in [0.15, 0.2) is 73.8 Å². The van der Waals surface area contributed by atoms with E-state index in [4.69, 9.17) is 27.2 Å². The maximum atomic E-state index is 13.3. The summed E-state index contributed by atoms with van der Waals surface area (Å²) in [5.41, 5.74) is 4.49. The molecule has 2 aromatic carbocycles. The zero-order valence-electron chi connectivity index (χ0n) is 41.0. The van der Waals surface area contributed by atoms with Gasteiger partial charge in [0.05, 0.1) is 25.0 Å². The summed E-state index contributed by atoms with van der Waals surface area (Å²) in [6.07, 6.45) is 4.25. The van der Waals surface area contributed by atoms with Gasteiger partial charge in [0.15, 0.2) is 0 Å². The van der Waals surface area contributed by atoms with Gasteiger partial charge in [0, 0.05) is 33.3 Å². The lowest BCUT2D eigenvalue weighted by Gasteiger charge is -2.48. The van der Waals surface area contributed by atoms with Crippen molar-refractivity contribution in [1.82, 2.24) is 0 Å². The van der Waals surface area contributed by atoms with Crippen LogP contribution in [0.3, 0.4) is 0 Å². The highest BCUT2D eigenvalue weighted by Gasteiger charge is 2.61. The summed E-state index contributed by atoms with van der Waals surface area (Å²) >= 11 is 0. The Kier molecular flexibility index (Phi) is 23.1. The fraction of sp³-hybridized carbons (Fsp3) is 0.600. The summed E-state index contributed by atoms with van der Waals surface area (Å²) in [5, 5.41) is -0.797. The zero-order chi connectivity index (χ0) is 47.6. The second kappa shape index (κ2) is 25.4. The van der Waals surface area contributed by atoms with Gasteiger partial charge in [-0.25, -0.2) is 9.59 Å². The minimum absolute atomic E-state index is 0.0529. The molecule has 2 atom stereocenters. The molecule has 2 aromatic rings. The van der Waals surface area contributed by atoms with Crippen molar-refractivity contribution in [2.24, 2.45) is 11.8 Å². The third-order valence-corrected chi connectivity index (χ3v) is 20.1. The molecule has 0 heterocycles. The van der Waals surface area contributed by atoms with Crippen LogP contribution in [0, 0.1) is 11.8 Å². The molecule has 0 amide bonds. The molecule has 0 aliphatic heterocycles. The quantitative estimate of drug-likeness (QED) is 0.0488. The molecule has 10 nitrogen and oxygen atoms in total. The van der Waals surface area contributed by atoms with Crippen LogP contribution in [0.4, 0.5) is 0 Å². The first-order valence-corrected chi connectivity index (χ1v) is 26.0. The smallest absolute Gasteiger partial charge is 0.412 e. The Hall–Kier alpha value is -3.85. The lowest BCUT2D eigenvalue weighted by atomic mass is 9.97. The Morgan fingerprint density at radius 3 is 1.18 bits per heavy atom. The van der Waals surface area contributed by atoms with Gasteiger partial charge < -0.3 is 27.2 Å². The van der Waals surface area contributed by atoms with Crippen LogP contribution in [0.2, 0.25) is 21.2 Å². The third kappa shape index (κ3) is 17.0. The maximum absolute atomic E-state index is 13.3. The number of benzene rings is 2. The van der Waals surface area contributed by atoms with Crippen LogP contribution in [0.1, 0.15) is 145 Å². The van der Waals surface area contributed by atoms with Crippen LogP contribution < -0.4 is 0 Å². The van der Waals surface area contributed by atoms with E-state index in [1.807, 2.05) is 107 Å². The molecule has 0 aliphatic rings. The van der Waals surface area contributed by atoms with Gasteiger partial charge in [-0.3, -0.25) is 9.59 Å². The molecule has 0 radical (unpaired) electrons. The topological polar surface area (TPSA) is 124 Å². The summed E-state index contributed by atoms with van der Waals surface area (Å²) in [6, 6.07) is 16.4. The molecule has 0 N–H and O–H groups in total. The molecule has 348 valence electrons. The Morgan fingerprint density at radius 2 is 0.871 bits per heavy atom. The van der Waals surface area contributed by atoms with E-state index in [9.17, 15) is 19.2 Å². The molecule has 0 saturated heterocycles. The number of hydrogen-bond donors (Lipinski definition) is 0. The second-order valence-electron chi connectivity index (χ2n) is 19.6. The molecular weight excluding hydrogens is 817 g/mol. The van der Waals surface area contributed by atoms with Crippen molar-refractivity contribution in [3.05, 3.63) is 96.1 Å². The number of esters is 2. The zero-order valence-corrected chi connectivity index (χ0v) is 43.0. The summed E-state index contributed by atoms with van der Waals surface area (Å²) in [5.74, 6) is -1.19. The standard InChI is InChI=1S/C26H42O5Si.C24H38O5Si/c1-11-23(27)29-16-17-30-32(25(5,6)7,26(8,9)10)31-24(28)20(4)22-14-12-21(13-15-22)18-19(2)3;1-9-23(25)27-14-15-28-30(18(4)5,19(6)7)29-24(26)20(8)22-12-10-21(11-13-22)16-17(2)3/h11-15,19-20H,1,16-18H2,2-10H3;9-13,17-20H,1,14-16H2,2-8H3. The van der Waals surface area contributed by atoms with Crippen molar-refractivity contribution in [1.29, 1.82) is 0 Å². The van der Waals surface area contributed by atoms with Gasteiger partial charge in [0.25, 0.3) is 0 Å². The van der Waals surface area contributed by atoms with E-state index >= 15 is 0 Å². The first-order chi connectivity index (χ1) is 28.7. The summed E-state index contributed by atoms with van der Waals surface area (Å²) in [6.45, 7) is 40.1. The van der Waals surface area contributed by atoms with Crippen molar-refractivity contribution in [3.63, 3.8) is 0 Å². The number of ether oxygens (including phenoxy) is 2. The van der Waals surface area contributed by atoms with Crippen molar-refractivity contribution < 1.29 is 46.4 Å². The van der Waals surface area contributed by atoms with Crippen LogP contribution in [-0.2, 0) is 59.2 Å². The molecule has 0 bridgehead atoms. The van der Waals surface area contributed by atoms with Crippen LogP contribution in [-0.4, -0.2) is 67.4 Å². The lowest BCUT2D eigenvalue weighted by molar-refractivity contribution is -0.142. The molecule has 0 aliphatic carbocycles. The first-order valence-electron chi connectivity index (χ1n) is 22.2. The van der Waals surface area contributed by atoms with Gasteiger partial charge >= 0.3 is 41.0 Å². The first kappa shape index (κ1) is 56.2. The van der Waals surface area contributed by atoms with Crippen molar-refractivity contribution in [2.75, 3.05) is 26.4 Å². The van der Waals surface area contributed by atoms with E-state index in [2.05, 4.69) is 65.1 Å². The molecule has 12 heteroatoms. The average molecular weight is 897 g/mol. The average Bonchev–Trinajstić information content (AvgIpc) is 3.18. The van der Waals surface area contributed by atoms with Gasteiger partial charge in [-0.1, -0.05) is 159 Å². The Morgan fingerprint density at radius 1 is 0.532 bits per heavy atom. The molecule has 2 rings (SSSR count). The summed E-state index contributed by atoms with van der Waals surface area (Å²) < 4.78 is 35.0. The highest BCUT2D eigenvalue weighted by molar-refractivity contribution is 6.75. The van der Waals surface area contributed by atoms with Crippen molar-refractivity contribution >= 4 is 41.0 Å².